The van der Waals surface area contributed by atoms with Crippen LogP contribution in [0, 0.1) is 0 Å². The number of carbonyl (C=O) groups excluding carboxylic acids is 2. The zero-order valence-corrected chi connectivity index (χ0v) is 15.9. The van der Waals surface area contributed by atoms with Crippen molar-refractivity contribution in [3.05, 3.63) is 22.4 Å². The molecule has 0 spiro atoms. The Bertz CT molecular complexity index is 519. The van der Waals surface area contributed by atoms with Gasteiger partial charge in [0.25, 0.3) is 0 Å². The highest BCUT2D eigenvalue weighted by atomic mass is 32.1. The SMILES string of the molecule is NCCC(=O)NCC1CCCCN1C(=O)CCCCCc1cccs1. The predicted molar refractivity (Wildman–Crippen MR) is 103 cm³/mol. The maximum absolute atomic E-state index is 12.6. The maximum atomic E-state index is 12.6. The summed E-state index contributed by atoms with van der Waals surface area (Å²) < 4.78 is 0. The van der Waals surface area contributed by atoms with Gasteiger partial charge in [0, 0.05) is 43.4 Å². The summed E-state index contributed by atoms with van der Waals surface area (Å²) >= 11 is 1.80. The molecule has 2 heterocycles. The highest BCUT2D eigenvalue weighted by molar-refractivity contribution is 7.09. The van der Waals surface area contributed by atoms with Crippen LogP contribution in [-0.4, -0.2) is 42.4 Å². The second kappa shape index (κ2) is 11.3. The van der Waals surface area contributed by atoms with Crippen LogP contribution in [0.3, 0.4) is 0 Å². The number of thiophene rings is 1. The van der Waals surface area contributed by atoms with E-state index >= 15 is 0 Å². The van der Waals surface area contributed by atoms with Gasteiger partial charge in [-0.2, -0.15) is 0 Å². The summed E-state index contributed by atoms with van der Waals surface area (Å²) in [5, 5.41) is 5.03. The molecule has 0 radical (unpaired) electrons. The minimum Gasteiger partial charge on any atom is -0.354 e. The van der Waals surface area contributed by atoms with Gasteiger partial charge < -0.3 is 16.0 Å². The first-order valence-electron chi connectivity index (χ1n) is 9.49. The van der Waals surface area contributed by atoms with Gasteiger partial charge in [-0.3, -0.25) is 9.59 Å². The molecule has 1 aliphatic rings. The second-order valence-electron chi connectivity index (χ2n) is 6.72. The minimum absolute atomic E-state index is 0.0194. The average Bonchev–Trinajstić information content (AvgIpc) is 3.13. The summed E-state index contributed by atoms with van der Waals surface area (Å²) in [5.74, 6) is 0.225. The van der Waals surface area contributed by atoms with Crippen LogP contribution in [0.25, 0.3) is 0 Å². The van der Waals surface area contributed by atoms with Crippen LogP contribution in [0.5, 0.6) is 0 Å². The van der Waals surface area contributed by atoms with Gasteiger partial charge in [-0.05, 0) is 50.0 Å². The van der Waals surface area contributed by atoms with Gasteiger partial charge in [0.05, 0.1) is 0 Å². The quantitative estimate of drug-likeness (QED) is 0.626. The van der Waals surface area contributed by atoms with Gasteiger partial charge in [0.1, 0.15) is 0 Å². The van der Waals surface area contributed by atoms with Crippen LogP contribution in [0.2, 0.25) is 0 Å². The lowest BCUT2D eigenvalue weighted by atomic mass is 10.0. The Hall–Kier alpha value is -1.40. The van der Waals surface area contributed by atoms with Crippen molar-refractivity contribution in [3.63, 3.8) is 0 Å². The molecule has 0 aromatic carbocycles. The molecule has 3 N–H and O–H groups in total. The Kier molecular flexibility index (Phi) is 8.97. The molecule has 5 nitrogen and oxygen atoms in total. The molecule has 1 aromatic rings. The van der Waals surface area contributed by atoms with Crippen molar-refractivity contribution < 1.29 is 9.59 Å². The molecule has 6 heteroatoms. The Morgan fingerprint density at radius 2 is 2.12 bits per heavy atom. The van der Waals surface area contributed by atoms with Crippen molar-refractivity contribution in [3.8, 4) is 0 Å². The van der Waals surface area contributed by atoms with E-state index < -0.39 is 0 Å². The molecule has 1 atom stereocenters. The number of nitrogens with two attached hydrogens (primary N) is 1. The van der Waals surface area contributed by atoms with Crippen molar-refractivity contribution in [2.75, 3.05) is 19.6 Å². The molecule has 0 saturated carbocycles. The number of rotatable bonds is 10. The number of nitrogens with one attached hydrogen (secondary N) is 1. The molecule has 1 fully saturated rings. The van der Waals surface area contributed by atoms with Crippen LogP contribution in [0.15, 0.2) is 17.5 Å². The first kappa shape index (κ1) is 19.9. The van der Waals surface area contributed by atoms with Gasteiger partial charge in [-0.15, -0.1) is 11.3 Å². The van der Waals surface area contributed by atoms with Crippen molar-refractivity contribution in [2.45, 2.75) is 63.8 Å². The lowest BCUT2D eigenvalue weighted by Crippen LogP contribution is -2.49. The third-order valence-electron chi connectivity index (χ3n) is 4.75. The maximum Gasteiger partial charge on any atom is 0.222 e. The van der Waals surface area contributed by atoms with Crippen LogP contribution in [0.4, 0.5) is 0 Å². The van der Waals surface area contributed by atoms with Crippen molar-refractivity contribution in [1.82, 2.24) is 10.2 Å². The fourth-order valence-electron chi connectivity index (χ4n) is 3.34. The van der Waals surface area contributed by atoms with E-state index in [2.05, 4.69) is 22.8 Å². The summed E-state index contributed by atoms with van der Waals surface area (Å²) in [6.45, 7) is 1.75. The van der Waals surface area contributed by atoms with Crippen molar-refractivity contribution in [1.29, 1.82) is 0 Å². The van der Waals surface area contributed by atoms with Gasteiger partial charge >= 0.3 is 0 Å². The molecule has 25 heavy (non-hydrogen) atoms. The zero-order chi connectivity index (χ0) is 17.9. The smallest absolute Gasteiger partial charge is 0.222 e. The van der Waals surface area contributed by atoms with Gasteiger partial charge in [0.15, 0.2) is 0 Å². The molecular weight excluding hydrogens is 334 g/mol. The molecule has 1 unspecified atom stereocenters. The lowest BCUT2D eigenvalue weighted by molar-refractivity contribution is -0.135. The van der Waals surface area contributed by atoms with E-state index in [4.69, 9.17) is 5.73 Å². The fraction of sp³-hybridized carbons (Fsp3) is 0.684. The molecule has 0 aliphatic carbocycles. The summed E-state index contributed by atoms with van der Waals surface area (Å²) in [6, 6.07) is 4.41. The third-order valence-corrected chi connectivity index (χ3v) is 5.68. The number of piperidine rings is 1. The number of aryl methyl sites for hydroxylation is 1. The molecule has 2 amide bonds. The van der Waals surface area contributed by atoms with E-state index in [-0.39, 0.29) is 17.9 Å². The highest BCUT2D eigenvalue weighted by Crippen LogP contribution is 2.19. The number of nitrogens with zero attached hydrogens (tertiary/aromatic N) is 1. The standard InChI is InChI=1S/C19H31N3O2S/c20-12-11-18(23)21-15-16-7-4-5-13-22(16)19(24)10-3-1-2-8-17-9-6-14-25-17/h6,9,14,16H,1-5,7-8,10-13,15,20H2,(H,21,23). The van der Waals surface area contributed by atoms with Crippen LogP contribution in [0.1, 0.15) is 56.2 Å². The lowest BCUT2D eigenvalue weighted by Gasteiger charge is -2.36. The van der Waals surface area contributed by atoms with Crippen LogP contribution >= 0.6 is 11.3 Å². The van der Waals surface area contributed by atoms with Gasteiger partial charge in [0.2, 0.25) is 11.8 Å². The Morgan fingerprint density at radius 3 is 2.88 bits per heavy atom. The minimum atomic E-state index is -0.0194. The molecular formula is C19H31N3O2S. The molecule has 1 saturated heterocycles. The molecule has 2 rings (SSSR count). The van der Waals surface area contributed by atoms with E-state index in [0.29, 0.717) is 25.9 Å². The van der Waals surface area contributed by atoms with E-state index in [0.717, 1.165) is 51.5 Å². The monoisotopic (exact) mass is 365 g/mol. The number of hydrogen-bond acceptors (Lipinski definition) is 4. The number of carbonyl (C=O) groups is 2. The summed E-state index contributed by atoms with van der Waals surface area (Å²) in [7, 11) is 0. The first-order chi connectivity index (χ1) is 12.2. The third kappa shape index (κ3) is 7.16. The number of hydrogen-bond donors (Lipinski definition) is 2. The summed E-state index contributed by atoms with van der Waals surface area (Å²) in [6.07, 6.45) is 8.45. The van der Waals surface area contributed by atoms with Gasteiger partial charge in [-0.1, -0.05) is 12.5 Å². The summed E-state index contributed by atoms with van der Waals surface area (Å²) in [5.41, 5.74) is 5.40. The summed E-state index contributed by atoms with van der Waals surface area (Å²) in [4.78, 5) is 27.6. The van der Waals surface area contributed by atoms with Crippen molar-refractivity contribution in [2.24, 2.45) is 5.73 Å². The number of unbranched alkanes of at least 4 members (excludes halogenated alkanes) is 2. The topological polar surface area (TPSA) is 75.4 Å². The molecule has 1 aliphatic heterocycles. The first-order valence-corrected chi connectivity index (χ1v) is 10.4. The Balaban J connectivity index is 1.67. The number of likely N-dealkylation sites (tertiary alicyclic amines) is 1. The fourth-order valence-corrected chi connectivity index (χ4v) is 4.09. The normalized spacial score (nSPS) is 17.5. The van der Waals surface area contributed by atoms with E-state index in [1.807, 2.05) is 4.90 Å². The predicted octanol–water partition coefficient (Wildman–Crippen LogP) is 2.70. The largest absolute Gasteiger partial charge is 0.354 e. The molecule has 1 aromatic heterocycles. The molecule has 0 bridgehead atoms. The van der Waals surface area contributed by atoms with E-state index in [1.165, 1.54) is 4.88 Å². The highest BCUT2D eigenvalue weighted by Gasteiger charge is 2.26. The van der Waals surface area contributed by atoms with Crippen LogP contribution < -0.4 is 11.1 Å². The van der Waals surface area contributed by atoms with Gasteiger partial charge in [-0.25, -0.2) is 0 Å². The van der Waals surface area contributed by atoms with E-state index in [9.17, 15) is 9.59 Å². The van der Waals surface area contributed by atoms with E-state index in [1.54, 1.807) is 11.3 Å². The second-order valence-corrected chi connectivity index (χ2v) is 7.75. The average molecular weight is 366 g/mol. The zero-order valence-electron chi connectivity index (χ0n) is 15.0. The Morgan fingerprint density at radius 1 is 1.24 bits per heavy atom. The molecule has 140 valence electrons. The Labute approximate surface area is 155 Å². The number of amides is 2. The van der Waals surface area contributed by atoms with Crippen LogP contribution in [-0.2, 0) is 16.0 Å². The van der Waals surface area contributed by atoms with Crippen molar-refractivity contribution >= 4 is 23.2 Å².